The monoisotopic (exact) mass is 433 g/mol. The van der Waals surface area contributed by atoms with Crippen molar-refractivity contribution in [1.29, 1.82) is 0 Å². The molecule has 0 N–H and O–H groups in total. The Labute approximate surface area is 188 Å². The molecule has 160 valence electrons. The van der Waals surface area contributed by atoms with Gasteiger partial charge in [0.15, 0.2) is 0 Å². The van der Waals surface area contributed by atoms with E-state index >= 15 is 0 Å². The molecule has 1 heterocycles. The second kappa shape index (κ2) is 10.6. The van der Waals surface area contributed by atoms with Crippen LogP contribution in [0.15, 0.2) is 89.8 Å². The number of esters is 1. The molecule has 0 amide bonds. The molecule has 1 aliphatic heterocycles. The molecular formula is C26H27NO3S. The van der Waals surface area contributed by atoms with Crippen LogP contribution in [-0.2, 0) is 16.0 Å². The molecule has 0 saturated carbocycles. The lowest BCUT2D eigenvalue weighted by molar-refractivity contribution is -0.0576. The summed E-state index contributed by atoms with van der Waals surface area (Å²) in [6, 6.07) is 29.0. The van der Waals surface area contributed by atoms with E-state index in [-0.39, 0.29) is 18.1 Å². The first kappa shape index (κ1) is 21.6. The maximum absolute atomic E-state index is 12.1. The van der Waals surface area contributed by atoms with Crippen LogP contribution in [-0.4, -0.2) is 43.0 Å². The molecule has 4 rings (SSSR count). The van der Waals surface area contributed by atoms with E-state index in [0.717, 1.165) is 23.7 Å². The Morgan fingerprint density at radius 1 is 1.00 bits per heavy atom. The largest absolute Gasteiger partial charge is 0.465 e. The van der Waals surface area contributed by atoms with Crippen molar-refractivity contribution >= 4 is 17.7 Å². The van der Waals surface area contributed by atoms with Crippen molar-refractivity contribution in [2.75, 3.05) is 26.0 Å². The van der Waals surface area contributed by atoms with Crippen molar-refractivity contribution in [3.63, 3.8) is 0 Å². The van der Waals surface area contributed by atoms with Crippen molar-refractivity contribution in [3.8, 4) is 0 Å². The van der Waals surface area contributed by atoms with Crippen LogP contribution in [0.5, 0.6) is 0 Å². The second-order valence-corrected chi connectivity index (χ2v) is 8.66. The average molecular weight is 434 g/mol. The van der Waals surface area contributed by atoms with E-state index in [4.69, 9.17) is 9.47 Å². The predicted molar refractivity (Wildman–Crippen MR) is 124 cm³/mol. The molecule has 1 unspecified atom stereocenters. The third kappa shape index (κ3) is 5.56. The van der Waals surface area contributed by atoms with Gasteiger partial charge in [-0.25, -0.2) is 4.79 Å². The van der Waals surface area contributed by atoms with Crippen molar-refractivity contribution in [2.24, 2.45) is 0 Å². The maximum atomic E-state index is 12.1. The Morgan fingerprint density at radius 2 is 1.68 bits per heavy atom. The van der Waals surface area contributed by atoms with Crippen LogP contribution >= 0.6 is 11.8 Å². The molecule has 5 heteroatoms. The molecular weight excluding hydrogens is 406 g/mol. The van der Waals surface area contributed by atoms with Gasteiger partial charge in [0, 0.05) is 23.7 Å². The highest BCUT2D eigenvalue weighted by molar-refractivity contribution is 7.99. The first-order valence-electron chi connectivity index (χ1n) is 10.5. The fourth-order valence-electron chi connectivity index (χ4n) is 3.90. The molecule has 3 aromatic carbocycles. The Kier molecular flexibility index (Phi) is 7.41. The number of carbonyl (C=O) groups excluding carboxylic acids is 1. The zero-order valence-corrected chi connectivity index (χ0v) is 18.5. The maximum Gasteiger partial charge on any atom is 0.338 e. The minimum atomic E-state index is -0.303. The highest BCUT2D eigenvalue weighted by atomic mass is 32.2. The summed E-state index contributed by atoms with van der Waals surface area (Å²) in [6.45, 7) is 2.37. The number of hydrogen-bond donors (Lipinski definition) is 0. The van der Waals surface area contributed by atoms with Crippen LogP contribution < -0.4 is 0 Å². The van der Waals surface area contributed by atoms with Crippen molar-refractivity contribution < 1.29 is 14.3 Å². The summed E-state index contributed by atoms with van der Waals surface area (Å²) in [4.78, 5) is 15.5. The molecule has 0 aromatic heterocycles. The van der Waals surface area contributed by atoms with Crippen LogP contribution in [0, 0.1) is 0 Å². The standard InChI is InChI=1S/C26H27NO3S/c1-29-26(28)23-14-8-9-15-25(23)31-19-22-17-27(16-20-10-4-2-5-11-20)24(18-30-22)21-12-6-3-7-13-21/h2-15,22,24H,16-19H2,1H3/t22-,24?/m0/s1. The molecule has 1 aliphatic rings. The third-order valence-electron chi connectivity index (χ3n) is 5.50. The number of benzene rings is 3. The van der Waals surface area contributed by atoms with Gasteiger partial charge >= 0.3 is 5.97 Å². The highest BCUT2D eigenvalue weighted by Gasteiger charge is 2.30. The Balaban J connectivity index is 1.47. The SMILES string of the molecule is COC(=O)c1ccccc1SC[C@@H]1CN(Cc2ccccc2)C(c2ccccc2)CO1. The highest BCUT2D eigenvalue weighted by Crippen LogP contribution is 2.31. The van der Waals surface area contributed by atoms with Crippen molar-refractivity contribution in [1.82, 2.24) is 4.90 Å². The Morgan fingerprint density at radius 3 is 2.42 bits per heavy atom. The van der Waals surface area contributed by atoms with Crippen LogP contribution in [0.2, 0.25) is 0 Å². The fraction of sp³-hybridized carbons (Fsp3) is 0.269. The van der Waals surface area contributed by atoms with Gasteiger partial charge < -0.3 is 9.47 Å². The summed E-state index contributed by atoms with van der Waals surface area (Å²) in [5, 5.41) is 0. The number of ether oxygens (including phenoxy) is 2. The number of rotatable bonds is 7. The van der Waals surface area contributed by atoms with Crippen LogP contribution in [0.1, 0.15) is 27.5 Å². The first-order valence-corrected chi connectivity index (χ1v) is 11.5. The number of carbonyl (C=O) groups is 1. The van der Waals surface area contributed by atoms with Crippen LogP contribution in [0.3, 0.4) is 0 Å². The molecule has 2 atom stereocenters. The zero-order chi connectivity index (χ0) is 21.5. The number of hydrogen-bond acceptors (Lipinski definition) is 5. The molecule has 1 saturated heterocycles. The van der Waals surface area contributed by atoms with E-state index in [1.165, 1.54) is 18.2 Å². The average Bonchev–Trinajstić information content (AvgIpc) is 2.84. The predicted octanol–water partition coefficient (Wildman–Crippen LogP) is 5.21. The van der Waals surface area contributed by atoms with Gasteiger partial charge in [-0.1, -0.05) is 72.8 Å². The van der Waals surface area contributed by atoms with Gasteiger partial charge in [-0.15, -0.1) is 11.8 Å². The summed E-state index contributed by atoms with van der Waals surface area (Å²) in [7, 11) is 1.42. The van der Waals surface area contributed by atoms with Gasteiger partial charge in [-0.3, -0.25) is 4.90 Å². The van der Waals surface area contributed by atoms with Gasteiger partial charge in [-0.05, 0) is 23.3 Å². The van der Waals surface area contributed by atoms with E-state index in [0.29, 0.717) is 12.2 Å². The second-order valence-electron chi connectivity index (χ2n) is 7.60. The minimum Gasteiger partial charge on any atom is -0.465 e. The van der Waals surface area contributed by atoms with E-state index in [9.17, 15) is 4.79 Å². The van der Waals surface area contributed by atoms with Crippen LogP contribution in [0.25, 0.3) is 0 Å². The first-order chi connectivity index (χ1) is 15.2. The van der Waals surface area contributed by atoms with Gasteiger partial charge in [0.25, 0.3) is 0 Å². The number of morpholine rings is 1. The molecule has 0 radical (unpaired) electrons. The van der Waals surface area contributed by atoms with Gasteiger partial charge in [0.05, 0.1) is 31.4 Å². The molecule has 3 aromatic rings. The topological polar surface area (TPSA) is 38.8 Å². The summed E-state index contributed by atoms with van der Waals surface area (Å²) in [5.74, 6) is 0.475. The van der Waals surface area contributed by atoms with Crippen molar-refractivity contribution in [2.45, 2.75) is 23.6 Å². The van der Waals surface area contributed by atoms with Crippen LogP contribution in [0.4, 0.5) is 0 Å². The lowest BCUT2D eigenvalue weighted by Gasteiger charge is -2.40. The van der Waals surface area contributed by atoms with Gasteiger partial charge in [0.2, 0.25) is 0 Å². The lowest BCUT2D eigenvalue weighted by Crippen LogP contribution is -2.45. The molecule has 0 aliphatic carbocycles. The van der Waals surface area contributed by atoms with E-state index in [2.05, 4.69) is 59.5 Å². The summed E-state index contributed by atoms with van der Waals surface area (Å²) < 4.78 is 11.2. The lowest BCUT2D eigenvalue weighted by atomic mass is 10.0. The Hall–Kier alpha value is -2.60. The Bertz CT molecular complexity index is 980. The number of methoxy groups -OCH3 is 1. The number of thioether (sulfide) groups is 1. The quantitative estimate of drug-likeness (QED) is 0.378. The van der Waals surface area contributed by atoms with E-state index in [1.807, 2.05) is 30.3 Å². The molecule has 1 fully saturated rings. The minimum absolute atomic E-state index is 0.0828. The fourth-order valence-corrected chi connectivity index (χ4v) is 4.95. The molecule has 4 nitrogen and oxygen atoms in total. The third-order valence-corrected chi connectivity index (χ3v) is 6.70. The number of nitrogens with zero attached hydrogens (tertiary/aromatic N) is 1. The smallest absolute Gasteiger partial charge is 0.338 e. The normalized spacial score (nSPS) is 19.1. The van der Waals surface area contributed by atoms with E-state index < -0.39 is 0 Å². The van der Waals surface area contributed by atoms with Gasteiger partial charge in [0.1, 0.15) is 0 Å². The van der Waals surface area contributed by atoms with Gasteiger partial charge in [-0.2, -0.15) is 0 Å². The molecule has 0 bridgehead atoms. The molecule has 31 heavy (non-hydrogen) atoms. The zero-order valence-electron chi connectivity index (χ0n) is 17.6. The summed E-state index contributed by atoms with van der Waals surface area (Å²) >= 11 is 1.65. The molecule has 0 spiro atoms. The summed E-state index contributed by atoms with van der Waals surface area (Å²) in [6.07, 6.45) is 0.0828. The van der Waals surface area contributed by atoms with Crippen molar-refractivity contribution in [3.05, 3.63) is 102 Å². The summed E-state index contributed by atoms with van der Waals surface area (Å²) in [5.41, 5.74) is 3.18. The van der Waals surface area contributed by atoms with E-state index in [1.54, 1.807) is 11.8 Å².